The lowest BCUT2D eigenvalue weighted by atomic mass is 9.98. The fourth-order valence-electron chi connectivity index (χ4n) is 3.29. The van der Waals surface area contributed by atoms with Gasteiger partial charge in [0.15, 0.2) is 0 Å². The summed E-state index contributed by atoms with van der Waals surface area (Å²) in [6, 6.07) is 13.6. The topological polar surface area (TPSA) is 92.6 Å². The van der Waals surface area contributed by atoms with Crippen molar-refractivity contribution in [3.05, 3.63) is 64.2 Å². The SMILES string of the molecule is CC[C@H](C)c1ccc(N2C[C@H](C(=O)Nc3cccc([N+](=O)[O-])c3)CC2=O)cc1. The van der Waals surface area contributed by atoms with E-state index in [0.717, 1.165) is 12.1 Å². The number of nitro groups is 1. The summed E-state index contributed by atoms with van der Waals surface area (Å²) in [5.74, 6) is -0.458. The second-order valence-electron chi connectivity index (χ2n) is 7.10. The molecule has 0 aliphatic carbocycles. The van der Waals surface area contributed by atoms with Gasteiger partial charge < -0.3 is 10.2 Å². The number of nitrogens with zero attached hydrogens (tertiary/aromatic N) is 2. The van der Waals surface area contributed by atoms with Gasteiger partial charge in [-0.2, -0.15) is 0 Å². The second kappa shape index (κ2) is 8.21. The number of non-ortho nitro benzene ring substituents is 1. The monoisotopic (exact) mass is 381 g/mol. The van der Waals surface area contributed by atoms with Crippen LogP contribution < -0.4 is 10.2 Å². The molecule has 2 aromatic rings. The van der Waals surface area contributed by atoms with Crippen LogP contribution in [0.3, 0.4) is 0 Å². The lowest BCUT2D eigenvalue weighted by molar-refractivity contribution is -0.384. The van der Waals surface area contributed by atoms with Gasteiger partial charge in [-0.3, -0.25) is 19.7 Å². The number of rotatable bonds is 6. The average Bonchev–Trinajstić information content (AvgIpc) is 3.09. The van der Waals surface area contributed by atoms with Gasteiger partial charge in [0.25, 0.3) is 5.69 Å². The Balaban J connectivity index is 1.67. The Bertz CT molecular complexity index is 895. The van der Waals surface area contributed by atoms with Crippen LogP contribution in [0.2, 0.25) is 0 Å². The maximum atomic E-state index is 12.5. The first-order chi connectivity index (χ1) is 13.4. The van der Waals surface area contributed by atoms with Crippen LogP contribution in [-0.4, -0.2) is 23.3 Å². The van der Waals surface area contributed by atoms with Crippen LogP contribution in [0.5, 0.6) is 0 Å². The minimum atomic E-state index is -0.514. The molecule has 0 bridgehead atoms. The summed E-state index contributed by atoms with van der Waals surface area (Å²) in [5, 5.41) is 13.5. The van der Waals surface area contributed by atoms with Gasteiger partial charge in [0.2, 0.25) is 11.8 Å². The lowest BCUT2D eigenvalue weighted by Crippen LogP contribution is -2.28. The van der Waals surface area contributed by atoms with Crippen molar-refractivity contribution in [2.45, 2.75) is 32.6 Å². The highest BCUT2D eigenvalue weighted by Gasteiger charge is 2.35. The first kappa shape index (κ1) is 19.5. The van der Waals surface area contributed by atoms with Crippen LogP contribution in [0.1, 0.15) is 38.2 Å². The summed E-state index contributed by atoms with van der Waals surface area (Å²) in [5.41, 5.74) is 2.26. The van der Waals surface area contributed by atoms with Crippen LogP contribution >= 0.6 is 0 Å². The zero-order valence-corrected chi connectivity index (χ0v) is 15.9. The van der Waals surface area contributed by atoms with E-state index in [-0.39, 0.29) is 23.9 Å². The maximum Gasteiger partial charge on any atom is 0.271 e. The van der Waals surface area contributed by atoms with Crippen molar-refractivity contribution in [1.29, 1.82) is 0 Å². The first-order valence-corrected chi connectivity index (χ1v) is 9.34. The molecule has 7 heteroatoms. The number of amides is 2. The van der Waals surface area contributed by atoms with Crippen LogP contribution in [-0.2, 0) is 9.59 Å². The smallest absolute Gasteiger partial charge is 0.271 e. The van der Waals surface area contributed by atoms with Crippen molar-refractivity contribution in [1.82, 2.24) is 0 Å². The Kier molecular flexibility index (Phi) is 5.73. The Morgan fingerprint density at radius 2 is 2.00 bits per heavy atom. The van der Waals surface area contributed by atoms with E-state index in [1.807, 2.05) is 24.3 Å². The highest BCUT2D eigenvalue weighted by molar-refractivity contribution is 6.03. The van der Waals surface area contributed by atoms with E-state index in [1.165, 1.54) is 23.8 Å². The summed E-state index contributed by atoms with van der Waals surface area (Å²) in [7, 11) is 0. The number of carbonyl (C=O) groups is 2. The largest absolute Gasteiger partial charge is 0.326 e. The average molecular weight is 381 g/mol. The standard InChI is InChI=1S/C21H23N3O4/c1-3-14(2)15-7-9-18(10-8-15)23-13-16(11-20(23)25)21(26)22-17-5-4-6-19(12-17)24(27)28/h4-10,12,14,16H,3,11,13H2,1-2H3,(H,22,26)/t14-,16+/m0/s1. The predicted octanol–water partition coefficient (Wildman–Crippen LogP) is 4.10. The van der Waals surface area contributed by atoms with Gasteiger partial charge in [0.1, 0.15) is 0 Å². The van der Waals surface area contributed by atoms with E-state index in [9.17, 15) is 19.7 Å². The number of hydrogen-bond donors (Lipinski definition) is 1. The zero-order chi connectivity index (χ0) is 20.3. The number of nitro benzene ring substituents is 1. The molecule has 1 aliphatic heterocycles. The fraction of sp³-hybridized carbons (Fsp3) is 0.333. The van der Waals surface area contributed by atoms with E-state index >= 15 is 0 Å². The minimum absolute atomic E-state index is 0.0941. The van der Waals surface area contributed by atoms with Gasteiger partial charge in [-0.05, 0) is 36.1 Å². The Morgan fingerprint density at radius 3 is 2.64 bits per heavy atom. The van der Waals surface area contributed by atoms with Crippen molar-refractivity contribution in [3.8, 4) is 0 Å². The van der Waals surface area contributed by atoms with E-state index in [2.05, 4.69) is 19.2 Å². The van der Waals surface area contributed by atoms with Crippen molar-refractivity contribution in [2.75, 3.05) is 16.8 Å². The molecule has 2 aromatic carbocycles. The Hall–Kier alpha value is -3.22. The molecule has 1 fully saturated rings. The van der Waals surface area contributed by atoms with Gasteiger partial charge in [-0.25, -0.2) is 0 Å². The number of hydrogen-bond acceptors (Lipinski definition) is 4. The molecule has 1 N–H and O–H groups in total. The summed E-state index contributed by atoms with van der Waals surface area (Å²) in [6.45, 7) is 4.58. The molecular weight excluding hydrogens is 358 g/mol. The van der Waals surface area contributed by atoms with Crippen molar-refractivity contribution in [3.63, 3.8) is 0 Å². The number of anilines is 2. The number of benzene rings is 2. The lowest BCUT2D eigenvalue weighted by Gasteiger charge is -2.18. The predicted molar refractivity (Wildman–Crippen MR) is 107 cm³/mol. The van der Waals surface area contributed by atoms with Crippen LogP contribution in [0.15, 0.2) is 48.5 Å². The molecule has 0 saturated carbocycles. The van der Waals surface area contributed by atoms with E-state index < -0.39 is 10.8 Å². The van der Waals surface area contributed by atoms with Crippen molar-refractivity contribution >= 4 is 28.9 Å². The van der Waals surface area contributed by atoms with Crippen molar-refractivity contribution < 1.29 is 14.5 Å². The third-order valence-electron chi connectivity index (χ3n) is 5.21. The van der Waals surface area contributed by atoms with E-state index in [4.69, 9.17) is 0 Å². The van der Waals surface area contributed by atoms with Gasteiger partial charge in [0.05, 0.1) is 10.8 Å². The molecule has 0 aromatic heterocycles. The highest BCUT2D eigenvalue weighted by atomic mass is 16.6. The molecule has 1 aliphatic rings. The second-order valence-corrected chi connectivity index (χ2v) is 7.10. The quantitative estimate of drug-likeness (QED) is 0.602. The molecule has 2 atom stereocenters. The molecule has 3 rings (SSSR count). The summed E-state index contributed by atoms with van der Waals surface area (Å²) < 4.78 is 0. The maximum absolute atomic E-state index is 12.5. The molecule has 0 radical (unpaired) electrons. The first-order valence-electron chi connectivity index (χ1n) is 9.34. The number of nitrogens with one attached hydrogen (secondary N) is 1. The van der Waals surface area contributed by atoms with Crippen LogP contribution in [0.25, 0.3) is 0 Å². The van der Waals surface area contributed by atoms with E-state index in [0.29, 0.717) is 18.2 Å². The summed E-state index contributed by atoms with van der Waals surface area (Å²) >= 11 is 0. The van der Waals surface area contributed by atoms with Crippen LogP contribution in [0.4, 0.5) is 17.1 Å². The molecule has 7 nitrogen and oxygen atoms in total. The van der Waals surface area contributed by atoms with Crippen LogP contribution in [0, 0.1) is 16.0 Å². The zero-order valence-electron chi connectivity index (χ0n) is 15.9. The molecule has 0 unspecified atom stereocenters. The molecule has 0 spiro atoms. The third kappa shape index (κ3) is 4.19. The summed E-state index contributed by atoms with van der Waals surface area (Å²) in [6.07, 6.45) is 1.16. The Labute approximate surface area is 163 Å². The molecule has 1 saturated heterocycles. The minimum Gasteiger partial charge on any atom is -0.326 e. The normalized spacial score (nSPS) is 17.4. The Morgan fingerprint density at radius 1 is 1.29 bits per heavy atom. The van der Waals surface area contributed by atoms with Gasteiger partial charge in [0, 0.05) is 36.5 Å². The molecular formula is C21H23N3O4. The summed E-state index contributed by atoms with van der Waals surface area (Å²) in [4.78, 5) is 36.9. The third-order valence-corrected chi connectivity index (χ3v) is 5.21. The van der Waals surface area contributed by atoms with E-state index in [1.54, 1.807) is 11.0 Å². The van der Waals surface area contributed by atoms with Gasteiger partial charge in [-0.1, -0.05) is 32.0 Å². The molecule has 28 heavy (non-hydrogen) atoms. The fourth-order valence-corrected chi connectivity index (χ4v) is 3.29. The number of carbonyl (C=O) groups excluding carboxylic acids is 2. The highest BCUT2D eigenvalue weighted by Crippen LogP contribution is 2.28. The molecule has 1 heterocycles. The molecule has 146 valence electrons. The van der Waals surface area contributed by atoms with Crippen molar-refractivity contribution in [2.24, 2.45) is 5.92 Å². The van der Waals surface area contributed by atoms with Gasteiger partial charge in [-0.15, -0.1) is 0 Å². The molecule has 2 amide bonds. The van der Waals surface area contributed by atoms with Gasteiger partial charge >= 0.3 is 0 Å².